The van der Waals surface area contributed by atoms with Gasteiger partial charge in [0.1, 0.15) is 0 Å². The summed E-state index contributed by atoms with van der Waals surface area (Å²) < 4.78 is 118. The van der Waals surface area contributed by atoms with Crippen LogP contribution in [0.25, 0.3) is 0 Å². The standard InChI is InChI=1S/C8H10F8O2S/c9-5(1-3-7(11,12)13)19(17,18)6(10)2-4-8(14,15)16/h5-6H,1-4H2. The number of sulfone groups is 1. The zero-order valence-corrected chi connectivity index (χ0v) is 10.0. The first-order valence-electron chi connectivity index (χ1n) is 4.90. The second-order valence-electron chi connectivity index (χ2n) is 3.72. The van der Waals surface area contributed by atoms with Crippen molar-refractivity contribution in [2.45, 2.75) is 49.0 Å². The number of alkyl halides is 8. The third-order valence-electron chi connectivity index (χ3n) is 2.02. The molecular formula is C8H10F8O2S. The lowest BCUT2D eigenvalue weighted by molar-refractivity contribution is -0.136. The molecule has 2 unspecified atom stereocenters. The lowest BCUT2D eigenvalue weighted by atomic mass is 10.3. The minimum absolute atomic E-state index is 1.54. The predicted octanol–water partition coefficient (Wildman–Crippen LogP) is 3.68. The van der Waals surface area contributed by atoms with Crippen molar-refractivity contribution in [3.8, 4) is 0 Å². The molecule has 2 atom stereocenters. The third-order valence-corrected chi connectivity index (χ3v) is 3.92. The maximum absolute atomic E-state index is 13.0. The summed E-state index contributed by atoms with van der Waals surface area (Å²) in [7, 11) is -5.32. The van der Waals surface area contributed by atoms with Crippen molar-refractivity contribution in [3.63, 3.8) is 0 Å². The van der Waals surface area contributed by atoms with Crippen molar-refractivity contribution >= 4 is 9.84 Å². The zero-order valence-electron chi connectivity index (χ0n) is 9.23. The minimum Gasteiger partial charge on any atom is -0.230 e. The van der Waals surface area contributed by atoms with Gasteiger partial charge in [-0.3, -0.25) is 0 Å². The number of hydrogen-bond acceptors (Lipinski definition) is 2. The van der Waals surface area contributed by atoms with Crippen LogP contribution in [-0.4, -0.2) is 31.8 Å². The lowest BCUT2D eigenvalue weighted by Gasteiger charge is -2.15. The Labute approximate surface area is 103 Å². The smallest absolute Gasteiger partial charge is 0.230 e. The Balaban J connectivity index is 4.51. The van der Waals surface area contributed by atoms with E-state index in [2.05, 4.69) is 0 Å². The van der Waals surface area contributed by atoms with Crippen LogP contribution in [0, 0.1) is 0 Å². The Kier molecular flexibility index (Phi) is 6.03. The molecule has 0 aromatic heterocycles. The maximum atomic E-state index is 13.0. The van der Waals surface area contributed by atoms with E-state index >= 15 is 0 Å². The highest BCUT2D eigenvalue weighted by atomic mass is 32.2. The SMILES string of the molecule is O=S(=O)(C(F)CCC(F)(F)F)C(F)CCC(F)(F)F. The van der Waals surface area contributed by atoms with E-state index in [0.29, 0.717) is 0 Å². The fourth-order valence-corrected chi connectivity index (χ4v) is 2.26. The van der Waals surface area contributed by atoms with Crippen LogP contribution >= 0.6 is 0 Å². The van der Waals surface area contributed by atoms with E-state index in [9.17, 15) is 43.5 Å². The summed E-state index contributed by atoms with van der Waals surface area (Å²) >= 11 is 0. The molecule has 0 bridgehead atoms. The number of hydrogen-bond donors (Lipinski definition) is 0. The summed E-state index contributed by atoms with van der Waals surface area (Å²) in [6.45, 7) is 0. The predicted molar refractivity (Wildman–Crippen MR) is 49.3 cm³/mol. The molecule has 19 heavy (non-hydrogen) atoms. The van der Waals surface area contributed by atoms with Gasteiger partial charge < -0.3 is 0 Å². The van der Waals surface area contributed by atoms with Crippen LogP contribution in [0.3, 0.4) is 0 Å². The first-order valence-corrected chi connectivity index (χ1v) is 6.51. The summed E-state index contributed by atoms with van der Waals surface area (Å²) in [5.74, 6) is 0. The van der Waals surface area contributed by atoms with Gasteiger partial charge in [0, 0.05) is 25.7 Å². The highest BCUT2D eigenvalue weighted by molar-refractivity contribution is 7.92. The quantitative estimate of drug-likeness (QED) is 0.699. The Morgan fingerprint density at radius 1 is 0.737 bits per heavy atom. The second-order valence-corrected chi connectivity index (χ2v) is 5.92. The van der Waals surface area contributed by atoms with Crippen molar-refractivity contribution in [1.82, 2.24) is 0 Å². The van der Waals surface area contributed by atoms with E-state index in [1.807, 2.05) is 0 Å². The highest BCUT2D eigenvalue weighted by Crippen LogP contribution is 2.29. The molecule has 0 aromatic carbocycles. The molecule has 0 saturated carbocycles. The first-order chi connectivity index (χ1) is 8.26. The van der Waals surface area contributed by atoms with E-state index in [-0.39, 0.29) is 0 Å². The highest BCUT2D eigenvalue weighted by Gasteiger charge is 2.39. The monoisotopic (exact) mass is 322 g/mol. The summed E-state index contributed by atoms with van der Waals surface area (Å²) in [6.07, 6.45) is -16.4. The second kappa shape index (κ2) is 6.23. The summed E-state index contributed by atoms with van der Waals surface area (Å²) in [5.41, 5.74) is -6.37. The van der Waals surface area contributed by atoms with Gasteiger partial charge in [0.25, 0.3) is 0 Å². The molecule has 2 nitrogen and oxygen atoms in total. The lowest BCUT2D eigenvalue weighted by Crippen LogP contribution is -2.28. The molecule has 0 radical (unpaired) electrons. The first kappa shape index (κ1) is 18.4. The van der Waals surface area contributed by atoms with Crippen molar-refractivity contribution in [2.75, 3.05) is 0 Å². The van der Waals surface area contributed by atoms with Gasteiger partial charge in [-0.2, -0.15) is 26.3 Å². The van der Waals surface area contributed by atoms with E-state index in [1.165, 1.54) is 0 Å². The van der Waals surface area contributed by atoms with Crippen LogP contribution < -0.4 is 0 Å². The van der Waals surface area contributed by atoms with Gasteiger partial charge in [-0.05, 0) is 0 Å². The van der Waals surface area contributed by atoms with Gasteiger partial charge in [0.05, 0.1) is 0 Å². The van der Waals surface area contributed by atoms with Gasteiger partial charge in [-0.1, -0.05) is 0 Å². The van der Waals surface area contributed by atoms with Crippen LogP contribution in [0.15, 0.2) is 0 Å². The average molecular weight is 322 g/mol. The normalized spacial score (nSPS) is 17.3. The van der Waals surface area contributed by atoms with E-state index in [0.717, 1.165) is 0 Å². The molecule has 0 amide bonds. The minimum atomic E-state index is -5.32. The zero-order chi connectivity index (χ0) is 15.5. The average Bonchev–Trinajstić information content (AvgIpc) is 2.20. The van der Waals surface area contributed by atoms with Crippen LogP contribution in [0.2, 0.25) is 0 Å². The van der Waals surface area contributed by atoms with E-state index in [4.69, 9.17) is 0 Å². The summed E-state index contributed by atoms with van der Waals surface area (Å²) in [6, 6.07) is 0. The van der Waals surface area contributed by atoms with Gasteiger partial charge in [-0.25, -0.2) is 17.2 Å². The molecule has 116 valence electrons. The largest absolute Gasteiger partial charge is 0.389 e. The molecule has 0 aromatic rings. The molecule has 0 rings (SSSR count). The van der Waals surface area contributed by atoms with Crippen molar-refractivity contribution < 1.29 is 43.5 Å². The van der Waals surface area contributed by atoms with Crippen LogP contribution in [0.1, 0.15) is 25.7 Å². The molecule has 0 fully saturated rings. The van der Waals surface area contributed by atoms with E-state index < -0.39 is 58.9 Å². The van der Waals surface area contributed by atoms with Gasteiger partial charge in [0.15, 0.2) is 0 Å². The van der Waals surface area contributed by atoms with Gasteiger partial charge in [-0.15, -0.1) is 0 Å². The molecular weight excluding hydrogens is 312 g/mol. The maximum Gasteiger partial charge on any atom is 0.389 e. The fraction of sp³-hybridized carbons (Fsp3) is 1.00. The summed E-state index contributed by atoms with van der Waals surface area (Å²) in [5, 5.41) is 0. The molecule has 0 saturated heterocycles. The van der Waals surface area contributed by atoms with Crippen molar-refractivity contribution in [2.24, 2.45) is 0 Å². The molecule has 0 aliphatic carbocycles. The molecule has 0 aliphatic rings. The summed E-state index contributed by atoms with van der Waals surface area (Å²) in [4.78, 5) is 0. The van der Waals surface area contributed by atoms with Crippen molar-refractivity contribution in [3.05, 3.63) is 0 Å². The number of rotatable bonds is 6. The Hall–Kier alpha value is -0.610. The van der Waals surface area contributed by atoms with Crippen LogP contribution in [-0.2, 0) is 9.84 Å². The Morgan fingerprint density at radius 2 is 1.00 bits per heavy atom. The molecule has 0 spiro atoms. The Bertz CT molecular complexity index is 341. The molecule has 11 heteroatoms. The van der Waals surface area contributed by atoms with Crippen molar-refractivity contribution in [1.29, 1.82) is 0 Å². The molecule has 0 N–H and O–H groups in total. The third kappa shape index (κ3) is 7.53. The molecule has 0 aliphatic heterocycles. The van der Waals surface area contributed by atoms with E-state index in [1.54, 1.807) is 0 Å². The fourth-order valence-electron chi connectivity index (χ4n) is 1.04. The van der Waals surface area contributed by atoms with Crippen LogP contribution in [0.4, 0.5) is 35.1 Å². The topological polar surface area (TPSA) is 34.1 Å². The molecule has 0 heterocycles. The Morgan fingerprint density at radius 3 is 1.21 bits per heavy atom. The van der Waals surface area contributed by atoms with Crippen LogP contribution in [0.5, 0.6) is 0 Å². The number of halogens is 8. The van der Waals surface area contributed by atoms with Gasteiger partial charge >= 0.3 is 12.4 Å². The van der Waals surface area contributed by atoms with Gasteiger partial charge in [0.2, 0.25) is 20.8 Å².